The van der Waals surface area contributed by atoms with E-state index in [4.69, 9.17) is 14.2 Å². The molecule has 0 aliphatic carbocycles. The molecule has 0 N–H and O–H groups in total. The molecule has 0 rings (SSSR count). The van der Waals surface area contributed by atoms with Gasteiger partial charge >= 0.3 is 17.9 Å². The zero-order valence-corrected chi connectivity index (χ0v) is 45.3. The van der Waals surface area contributed by atoms with Gasteiger partial charge in [0.05, 0.1) is 0 Å². The maximum Gasteiger partial charge on any atom is 0.306 e. The van der Waals surface area contributed by atoms with Crippen LogP contribution in [0.25, 0.3) is 0 Å². The Bertz CT molecular complexity index is 1010. The Morgan fingerprint density at radius 2 is 0.500 bits per heavy atom. The number of esters is 3. The molecule has 6 nitrogen and oxygen atoms in total. The molecule has 0 saturated carbocycles. The van der Waals surface area contributed by atoms with Gasteiger partial charge in [-0.25, -0.2) is 0 Å². The Kier molecular flexibility index (Phi) is 51.5. The van der Waals surface area contributed by atoms with Crippen molar-refractivity contribution >= 4 is 17.9 Å². The number of unbranched alkanes of at least 4 members (excludes halogenated alkanes) is 39. The molecule has 392 valence electrons. The molecule has 0 spiro atoms. The summed E-state index contributed by atoms with van der Waals surface area (Å²) in [6.45, 7) is 11.4. The molecule has 0 aliphatic heterocycles. The molecule has 0 radical (unpaired) electrons. The molecule has 0 aliphatic rings. The molecular weight excluding hydrogens is 817 g/mol. The smallest absolute Gasteiger partial charge is 0.306 e. The van der Waals surface area contributed by atoms with Crippen LogP contribution in [0, 0.1) is 11.8 Å². The van der Waals surface area contributed by atoms with Gasteiger partial charge in [-0.05, 0) is 31.1 Å². The molecule has 0 aromatic carbocycles. The minimum absolute atomic E-state index is 0.0626. The van der Waals surface area contributed by atoms with Crippen LogP contribution in [-0.4, -0.2) is 37.2 Å². The monoisotopic (exact) mass is 933 g/mol. The first-order valence-electron chi connectivity index (χ1n) is 29.7. The quantitative estimate of drug-likeness (QED) is 0.0343. The third-order valence-corrected chi connectivity index (χ3v) is 13.7. The molecular formula is C60H116O6. The van der Waals surface area contributed by atoms with Crippen molar-refractivity contribution in [2.24, 2.45) is 11.8 Å². The summed E-state index contributed by atoms with van der Waals surface area (Å²) in [5.74, 6) is 0.820. The van der Waals surface area contributed by atoms with Gasteiger partial charge in [-0.1, -0.05) is 298 Å². The van der Waals surface area contributed by atoms with Gasteiger partial charge in [-0.15, -0.1) is 0 Å². The summed E-state index contributed by atoms with van der Waals surface area (Å²) in [5.41, 5.74) is 0. The second-order valence-corrected chi connectivity index (χ2v) is 21.6. The fourth-order valence-electron chi connectivity index (χ4n) is 9.23. The van der Waals surface area contributed by atoms with Crippen LogP contribution in [0.3, 0.4) is 0 Å². The lowest BCUT2D eigenvalue weighted by molar-refractivity contribution is -0.167. The molecule has 0 heterocycles. The van der Waals surface area contributed by atoms with Crippen LogP contribution in [0.4, 0.5) is 0 Å². The van der Waals surface area contributed by atoms with E-state index in [1.54, 1.807) is 0 Å². The fourth-order valence-corrected chi connectivity index (χ4v) is 9.23. The van der Waals surface area contributed by atoms with Gasteiger partial charge in [0.2, 0.25) is 0 Å². The van der Waals surface area contributed by atoms with Gasteiger partial charge in [0.1, 0.15) is 13.2 Å². The molecule has 6 heteroatoms. The average molecular weight is 934 g/mol. The lowest BCUT2D eigenvalue weighted by Crippen LogP contribution is -2.30. The normalized spacial score (nSPS) is 12.0. The molecule has 0 saturated heterocycles. The Labute approximate surface area is 412 Å². The van der Waals surface area contributed by atoms with Crippen molar-refractivity contribution in [3.8, 4) is 0 Å². The lowest BCUT2D eigenvalue weighted by Gasteiger charge is -2.18. The maximum absolute atomic E-state index is 12.9. The largest absolute Gasteiger partial charge is 0.462 e. The van der Waals surface area contributed by atoms with Gasteiger partial charge in [0, 0.05) is 19.3 Å². The minimum Gasteiger partial charge on any atom is -0.462 e. The zero-order valence-electron chi connectivity index (χ0n) is 45.3. The highest BCUT2D eigenvalue weighted by molar-refractivity contribution is 5.71. The standard InChI is InChI=1S/C60H116O6/c1-6-7-8-9-10-11-12-13-14-15-16-17-18-19-25-30-35-40-45-50-58(61)64-53-57(54-65-59(62)51-46-41-36-31-27-22-24-29-34-39-44-49-56(4)5)66-60(63)52-47-42-37-32-26-21-20-23-28-33-38-43-48-55(2)3/h55-57H,6-54H2,1-5H3/t57-/m0/s1. The number of ether oxygens (including phenoxy) is 3. The first-order chi connectivity index (χ1) is 32.2. The number of hydrogen-bond acceptors (Lipinski definition) is 6. The second kappa shape index (κ2) is 52.8. The highest BCUT2D eigenvalue weighted by atomic mass is 16.6. The highest BCUT2D eigenvalue weighted by Gasteiger charge is 2.19. The van der Waals surface area contributed by atoms with Crippen molar-refractivity contribution < 1.29 is 28.6 Å². The Hall–Kier alpha value is -1.59. The third kappa shape index (κ3) is 53.4. The van der Waals surface area contributed by atoms with E-state index in [0.717, 1.165) is 69.6 Å². The highest BCUT2D eigenvalue weighted by Crippen LogP contribution is 2.18. The van der Waals surface area contributed by atoms with E-state index < -0.39 is 6.10 Å². The summed E-state index contributed by atoms with van der Waals surface area (Å²) < 4.78 is 16.9. The van der Waals surface area contributed by atoms with Gasteiger partial charge in [-0.2, -0.15) is 0 Å². The number of carbonyl (C=O) groups is 3. The molecule has 1 atom stereocenters. The van der Waals surface area contributed by atoms with Crippen LogP contribution in [0.1, 0.15) is 336 Å². The Balaban J connectivity index is 4.28. The van der Waals surface area contributed by atoms with E-state index >= 15 is 0 Å². The van der Waals surface area contributed by atoms with Gasteiger partial charge in [0.25, 0.3) is 0 Å². The molecule has 0 fully saturated rings. The van der Waals surface area contributed by atoms with Crippen molar-refractivity contribution in [3.63, 3.8) is 0 Å². The van der Waals surface area contributed by atoms with Crippen molar-refractivity contribution in [3.05, 3.63) is 0 Å². The van der Waals surface area contributed by atoms with E-state index in [-0.39, 0.29) is 31.1 Å². The van der Waals surface area contributed by atoms with E-state index in [0.29, 0.717) is 19.3 Å². The summed E-state index contributed by atoms with van der Waals surface area (Å²) in [6.07, 6.45) is 56.7. The molecule has 66 heavy (non-hydrogen) atoms. The average Bonchev–Trinajstić information content (AvgIpc) is 3.29. The van der Waals surface area contributed by atoms with Crippen molar-refractivity contribution in [2.45, 2.75) is 343 Å². The SMILES string of the molecule is CCCCCCCCCCCCCCCCCCCCCC(=O)OC[C@@H](COC(=O)CCCCCCCCCCCCCC(C)C)OC(=O)CCCCCCCCCCCCCCC(C)C. The summed E-state index contributed by atoms with van der Waals surface area (Å²) in [4.78, 5) is 38.2. The first kappa shape index (κ1) is 64.4. The fraction of sp³-hybridized carbons (Fsp3) is 0.950. The van der Waals surface area contributed by atoms with Gasteiger partial charge in [-0.3, -0.25) is 14.4 Å². The Morgan fingerprint density at radius 1 is 0.288 bits per heavy atom. The van der Waals surface area contributed by atoms with Crippen LogP contribution < -0.4 is 0 Å². The summed E-state index contributed by atoms with van der Waals surface area (Å²) >= 11 is 0. The van der Waals surface area contributed by atoms with Crippen LogP contribution >= 0.6 is 0 Å². The van der Waals surface area contributed by atoms with Crippen LogP contribution in [-0.2, 0) is 28.6 Å². The minimum atomic E-state index is -0.763. The summed E-state index contributed by atoms with van der Waals surface area (Å²) in [6, 6.07) is 0. The maximum atomic E-state index is 12.9. The first-order valence-corrected chi connectivity index (χ1v) is 29.7. The molecule has 0 unspecified atom stereocenters. The predicted molar refractivity (Wildman–Crippen MR) is 284 cm³/mol. The van der Waals surface area contributed by atoms with Crippen LogP contribution in [0.2, 0.25) is 0 Å². The van der Waals surface area contributed by atoms with E-state index in [9.17, 15) is 14.4 Å². The number of hydrogen-bond donors (Lipinski definition) is 0. The third-order valence-electron chi connectivity index (χ3n) is 13.7. The second-order valence-electron chi connectivity index (χ2n) is 21.6. The van der Waals surface area contributed by atoms with Crippen LogP contribution in [0.15, 0.2) is 0 Å². The van der Waals surface area contributed by atoms with Gasteiger partial charge < -0.3 is 14.2 Å². The molecule has 0 aromatic rings. The topological polar surface area (TPSA) is 78.9 Å². The summed E-state index contributed by atoms with van der Waals surface area (Å²) in [7, 11) is 0. The lowest BCUT2D eigenvalue weighted by atomic mass is 10.0. The van der Waals surface area contributed by atoms with Crippen molar-refractivity contribution in [1.82, 2.24) is 0 Å². The van der Waals surface area contributed by atoms with Crippen molar-refractivity contribution in [1.29, 1.82) is 0 Å². The predicted octanol–water partition coefficient (Wildman–Crippen LogP) is 19.7. The Morgan fingerprint density at radius 3 is 0.742 bits per heavy atom. The number of rotatable bonds is 54. The van der Waals surface area contributed by atoms with E-state index in [1.165, 1.54) is 225 Å². The van der Waals surface area contributed by atoms with E-state index in [1.807, 2.05) is 0 Å². The van der Waals surface area contributed by atoms with Crippen LogP contribution in [0.5, 0.6) is 0 Å². The summed E-state index contributed by atoms with van der Waals surface area (Å²) in [5, 5.41) is 0. The zero-order chi connectivity index (χ0) is 48.2. The molecule has 0 bridgehead atoms. The number of carbonyl (C=O) groups excluding carboxylic acids is 3. The molecule has 0 aromatic heterocycles. The van der Waals surface area contributed by atoms with Crippen molar-refractivity contribution in [2.75, 3.05) is 13.2 Å². The van der Waals surface area contributed by atoms with E-state index in [2.05, 4.69) is 34.6 Å². The molecule has 0 amide bonds. The van der Waals surface area contributed by atoms with Gasteiger partial charge in [0.15, 0.2) is 6.10 Å².